The van der Waals surface area contributed by atoms with Gasteiger partial charge in [0.15, 0.2) is 0 Å². The Kier molecular flexibility index (Phi) is 7.91. The van der Waals surface area contributed by atoms with Crippen molar-refractivity contribution < 1.29 is 4.79 Å². The van der Waals surface area contributed by atoms with Crippen molar-refractivity contribution in [1.29, 1.82) is 0 Å². The molecule has 1 aromatic rings. The Labute approximate surface area is 153 Å². The Morgan fingerprint density at radius 2 is 1.68 bits per heavy atom. The van der Waals surface area contributed by atoms with Crippen LogP contribution in [0.15, 0.2) is 30.3 Å². The topological polar surface area (TPSA) is 35.6 Å². The molecule has 2 atom stereocenters. The van der Waals surface area contributed by atoms with Crippen LogP contribution in [0.3, 0.4) is 0 Å². The van der Waals surface area contributed by atoms with Crippen molar-refractivity contribution in [1.82, 2.24) is 15.1 Å². The van der Waals surface area contributed by atoms with Gasteiger partial charge in [-0.25, -0.2) is 0 Å². The van der Waals surface area contributed by atoms with Gasteiger partial charge in [-0.05, 0) is 31.9 Å². The summed E-state index contributed by atoms with van der Waals surface area (Å²) in [5, 5.41) is 3.27. The SMILES string of the molecule is CC(C)CCC[C@H](C)NC(=O)[C@H](c1ccccc1)N1CCN(C)CC1. The van der Waals surface area contributed by atoms with Gasteiger partial charge < -0.3 is 10.2 Å². The minimum Gasteiger partial charge on any atom is -0.352 e. The Hall–Kier alpha value is -1.39. The molecule has 1 saturated heterocycles. The number of carbonyl (C=O) groups excluding carboxylic acids is 1. The molecule has 4 nitrogen and oxygen atoms in total. The van der Waals surface area contributed by atoms with E-state index in [1.807, 2.05) is 18.2 Å². The van der Waals surface area contributed by atoms with Gasteiger partial charge >= 0.3 is 0 Å². The number of nitrogens with one attached hydrogen (secondary N) is 1. The van der Waals surface area contributed by atoms with Crippen LogP contribution < -0.4 is 5.32 Å². The van der Waals surface area contributed by atoms with Crippen LogP contribution in [0.5, 0.6) is 0 Å². The number of amides is 1. The molecule has 0 aromatic heterocycles. The Morgan fingerprint density at radius 1 is 1.04 bits per heavy atom. The molecule has 1 amide bonds. The average Bonchev–Trinajstić information content (AvgIpc) is 2.57. The number of likely N-dealkylation sites (N-methyl/N-ethyl adjacent to an activating group) is 1. The van der Waals surface area contributed by atoms with Gasteiger partial charge in [0.2, 0.25) is 5.91 Å². The fourth-order valence-corrected chi connectivity index (χ4v) is 3.47. The lowest BCUT2D eigenvalue weighted by Crippen LogP contribution is -2.50. The predicted molar refractivity (Wildman–Crippen MR) is 105 cm³/mol. The number of hydrogen-bond donors (Lipinski definition) is 1. The highest BCUT2D eigenvalue weighted by molar-refractivity contribution is 5.83. The zero-order valence-corrected chi connectivity index (χ0v) is 16.4. The number of rotatable bonds is 8. The second-order valence-corrected chi connectivity index (χ2v) is 7.89. The van der Waals surface area contributed by atoms with E-state index in [1.165, 1.54) is 12.8 Å². The van der Waals surface area contributed by atoms with Gasteiger partial charge in [-0.3, -0.25) is 9.69 Å². The summed E-state index contributed by atoms with van der Waals surface area (Å²) in [6, 6.07) is 10.3. The van der Waals surface area contributed by atoms with E-state index in [4.69, 9.17) is 0 Å². The van der Waals surface area contributed by atoms with Crippen LogP contribution in [0.2, 0.25) is 0 Å². The summed E-state index contributed by atoms with van der Waals surface area (Å²) in [4.78, 5) is 17.7. The monoisotopic (exact) mass is 345 g/mol. The third-order valence-corrected chi connectivity index (χ3v) is 5.07. The smallest absolute Gasteiger partial charge is 0.242 e. The molecule has 0 spiro atoms. The Bertz CT molecular complexity index is 509. The number of carbonyl (C=O) groups is 1. The standard InChI is InChI=1S/C21H35N3O/c1-17(2)9-8-10-18(3)22-21(25)20(19-11-6-5-7-12-19)24-15-13-23(4)14-16-24/h5-7,11-12,17-18,20H,8-10,13-16H2,1-4H3,(H,22,25)/t18-,20-/m0/s1. The van der Waals surface area contributed by atoms with Gasteiger partial charge in [0.25, 0.3) is 0 Å². The van der Waals surface area contributed by atoms with Crippen molar-refractivity contribution in [3.8, 4) is 0 Å². The van der Waals surface area contributed by atoms with E-state index in [1.54, 1.807) is 0 Å². The molecule has 0 aliphatic carbocycles. The maximum Gasteiger partial charge on any atom is 0.242 e. The van der Waals surface area contributed by atoms with Crippen LogP contribution >= 0.6 is 0 Å². The first-order valence-electron chi connectivity index (χ1n) is 9.75. The van der Waals surface area contributed by atoms with E-state index in [-0.39, 0.29) is 18.0 Å². The zero-order valence-electron chi connectivity index (χ0n) is 16.4. The predicted octanol–water partition coefficient (Wildman–Crippen LogP) is 3.31. The maximum absolute atomic E-state index is 13.1. The minimum absolute atomic E-state index is 0.146. The lowest BCUT2D eigenvalue weighted by Gasteiger charge is -2.37. The molecule has 1 fully saturated rings. The molecule has 0 saturated carbocycles. The minimum atomic E-state index is -0.178. The molecule has 1 aliphatic heterocycles. The third-order valence-electron chi connectivity index (χ3n) is 5.07. The second kappa shape index (κ2) is 9.93. The normalized spacial score (nSPS) is 18.9. The summed E-state index contributed by atoms with van der Waals surface area (Å²) in [5.74, 6) is 0.873. The Morgan fingerprint density at radius 3 is 2.28 bits per heavy atom. The summed E-state index contributed by atoms with van der Waals surface area (Å²) >= 11 is 0. The van der Waals surface area contributed by atoms with Crippen LogP contribution in [0.4, 0.5) is 0 Å². The summed E-state index contributed by atoms with van der Waals surface area (Å²) < 4.78 is 0. The molecule has 0 radical (unpaired) electrons. The van der Waals surface area contributed by atoms with E-state index in [0.717, 1.165) is 44.1 Å². The lowest BCUT2D eigenvalue weighted by molar-refractivity contribution is -0.128. The molecular formula is C21H35N3O. The van der Waals surface area contributed by atoms with E-state index in [2.05, 4.69) is 55.1 Å². The molecule has 1 N–H and O–H groups in total. The largest absolute Gasteiger partial charge is 0.352 e. The van der Waals surface area contributed by atoms with Crippen LogP contribution in [0.1, 0.15) is 51.6 Å². The summed E-state index contributed by atoms with van der Waals surface area (Å²) in [7, 11) is 2.14. The van der Waals surface area contributed by atoms with E-state index in [0.29, 0.717) is 0 Å². The van der Waals surface area contributed by atoms with Gasteiger partial charge in [-0.2, -0.15) is 0 Å². The molecule has 1 aliphatic rings. The van der Waals surface area contributed by atoms with Gasteiger partial charge in [0.1, 0.15) is 6.04 Å². The second-order valence-electron chi connectivity index (χ2n) is 7.89. The number of piperazine rings is 1. The molecule has 25 heavy (non-hydrogen) atoms. The Balaban J connectivity index is 2.00. The molecule has 2 rings (SSSR count). The van der Waals surface area contributed by atoms with E-state index in [9.17, 15) is 4.79 Å². The van der Waals surface area contributed by atoms with Gasteiger partial charge in [-0.15, -0.1) is 0 Å². The van der Waals surface area contributed by atoms with Crippen molar-refractivity contribution in [3.63, 3.8) is 0 Å². The van der Waals surface area contributed by atoms with Crippen molar-refractivity contribution in [2.75, 3.05) is 33.2 Å². The highest BCUT2D eigenvalue weighted by Crippen LogP contribution is 2.23. The lowest BCUT2D eigenvalue weighted by atomic mass is 10.0. The summed E-state index contributed by atoms with van der Waals surface area (Å²) in [5.41, 5.74) is 1.10. The number of nitrogens with zero attached hydrogens (tertiary/aromatic N) is 2. The van der Waals surface area contributed by atoms with Gasteiger partial charge in [0.05, 0.1) is 0 Å². The van der Waals surface area contributed by atoms with Crippen molar-refractivity contribution in [3.05, 3.63) is 35.9 Å². The summed E-state index contributed by atoms with van der Waals surface area (Å²) in [6.45, 7) is 10.5. The molecular weight excluding hydrogens is 310 g/mol. The van der Waals surface area contributed by atoms with Crippen molar-refractivity contribution in [2.24, 2.45) is 5.92 Å². The van der Waals surface area contributed by atoms with Crippen LogP contribution in [-0.2, 0) is 4.79 Å². The zero-order chi connectivity index (χ0) is 18.2. The quantitative estimate of drug-likeness (QED) is 0.785. The molecule has 0 bridgehead atoms. The van der Waals surface area contributed by atoms with Gasteiger partial charge in [-0.1, -0.05) is 57.0 Å². The molecule has 4 heteroatoms. The number of benzene rings is 1. The molecule has 140 valence electrons. The van der Waals surface area contributed by atoms with Gasteiger partial charge in [0, 0.05) is 32.2 Å². The van der Waals surface area contributed by atoms with Crippen molar-refractivity contribution >= 4 is 5.91 Å². The highest BCUT2D eigenvalue weighted by atomic mass is 16.2. The number of hydrogen-bond acceptors (Lipinski definition) is 3. The molecule has 1 aromatic carbocycles. The maximum atomic E-state index is 13.1. The highest BCUT2D eigenvalue weighted by Gasteiger charge is 2.30. The molecule has 0 unspecified atom stereocenters. The van der Waals surface area contributed by atoms with E-state index < -0.39 is 0 Å². The first kappa shape index (κ1) is 19.9. The first-order valence-corrected chi connectivity index (χ1v) is 9.75. The fraction of sp³-hybridized carbons (Fsp3) is 0.667. The van der Waals surface area contributed by atoms with Crippen LogP contribution in [-0.4, -0.2) is 55.0 Å². The molecule has 1 heterocycles. The summed E-state index contributed by atoms with van der Waals surface area (Å²) in [6.07, 6.45) is 3.44. The average molecular weight is 346 g/mol. The van der Waals surface area contributed by atoms with E-state index >= 15 is 0 Å². The van der Waals surface area contributed by atoms with Crippen LogP contribution in [0.25, 0.3) is 0 Å². The van der Waals surface area contributed by atoms with Crippen LogP contribution in [0, 0.1) is 5.92 Å². The third kappa shape index (κ3) is 6.44. The fourth-order valence-electron chi connectivity index (χ4n) is 3.47. The van der Waals surface area contributed by atoms with Crippen molar-refractivity contribution in [2.45, 2.75) is 52.1 Å². The first-order chi connectivity index (χ1) is 12.0.